The topological polar surface area (TPSA) is 45.7 Å². The Morgan fingerprint density at radius 2 is 2.14 bits per heavy atom. The molecule has 1 saturated heterocycles. The third-order valence-corrected chi connectivity index (χ3v) is 5.25. The van der Waals surface area contributed by atoms with Gasteiger partial charge in [-0.15, -0.1) is 0 Å². The normalized spacial score (nSPS) is 34.1. The van der Waals surface area contributed by atoms with Crippen LogP contribution in [0.1, 0.15) is 32.1 Å². The summed E-state index contributed by atoms with van der Waals surface area (Å²) in [4.78, 5) is 4.05. The van der Waals surface area contributed by atoms with Gasteiger partial charge in [0, 0.05) is 37.6 Å². The summed E-state index contributed by atoms with van der Waals surface area (Å²) in [5, 5.41) is 6.11. The lowest BCUT2D eigenvalue weighted by Gasteiger charge is -2.63. The molecule has 1 heterocycles. The molecule has 1 aliphatic heterocycles. The summed E-state index contributed by atoms with van der Waals surface area (Å²) >= 11 is 0. The highest BCUT2D eigenvalue weighted by molar-refractivity contribution is 5.80. The van der Waals surface area contributed by atoms with E-state index in [0.717, 1.165) is 25.9 Å². The van der Waals surface area contributed by atoms with E-state index in [0.29, 0.717) is 18.0 Å². The van der Waals surface area contributed by atoms with Gasteiger partial charge in [0.15, 0.2) is 5.96 Å². The van der Waals surface area contributed by atoms with E-state index in [1.54, 1.807) is 7.05 Å². The first-order chi connectivity index (χ1) is 9.96. The van der Waals surface area contributed by atoms with Crippen molar-refractivity contribution in [2.45, 2.75) is 50.4 Å². The summed E-state index contributed by atoms with van der Waals surface area (Å²) in [6, 6.07) is 0.288. The maximum absolute atomic E-state index is 12.2. The summed E-state index contributed by atoms with van der Waals surface area (Å²) in [6.45, 7) is 0.656. The Kier molecular flexibility index (Phi) is 3.80. The number of nitrogens with one attached hydrogen (secondary N) is 2. The smallest absolute Gasteiger partial charge is 0.377 e. The average Bonchev–Trinajstić information content (AvgIpc) is 2.75. The van der Waals surface area contributed by atoms with E-state index in [1.165, 1.54) is 6.42 Å². The van der Waals surface area contributed by atoms with Crippen LogP contribution in [0.5, 0.6) is 0 Å². The van der Waals surface area contributed by atoms with Crippen LogP contribution in [-0.2, 0) is 4.74 Å². The minimum absolute atomic E-state index is 0.145. The summed E-state index contributed by atoms with van der Waals surface area (Å²) in [6.07, 6.45) is -0.108. The van der Waals surface area contributed by atoms with Gasteiger partial charge >= 0.3 is 6.18 Å². The molecule has 2 aliphatic carbocycles. The van der Waals surface area contributed by atoms with Crippen LogP contribution in [0.2, 0.25) is 0 Å². The van der Waals surface area contributed by atoms with E-state index in [2.05, 4.69) is 15.6 Å². The van der Waals surface area contributed by atoms with Crippen molar-refractivity contribution in [1.82, 2.24) is 10.6 Å². The Labute approximate surface area is 122 Å². The van der Waals surface area contributed by atoms with Gasteiger partial charge < -0.3 is 15.4 Å². The predicted molar refractivity (Wildman–Crippen MR) is 73.1 cm³/mol. The zero-order valence-electron chi connectivity index (χ0n) is 12.2. The number of fused-ring (bicyclic) bond motifs is 2. The third-order valence-electron chi connectivity index (χ3n) is 5.25. The molecule has 2 saturated carbocycles. The fourth-order valence-electron chi connectivity index (χ4n) is 4.12. The largest absolute Gasteiger partial charge is 0.390 e. The second-order valence-electron chi connectivity index (χ2n) is 6.32. The molecule has 3 rings (SSSR count). The van der Waals surface area contributed by atoms with Crippen molar-refractivity contribution in [1.29, 1.82) is 0 Å². The number of halogens is 3. The van der Waals surface area contributed by atoms with Crippen LogP contribution < -0.4 is 10.6 Å². The monoisotopic (exact) mass is 305 g/mol. The molecule has 0 aromatic carbocycles. The molecule has 0 aromatic rings. The molecule has 21 heavy (non-hydrogen) atoms. The Bertz CT molecular complexity index is 420. The first-order valence-corrected chi connectivity index (χ1v) is 7.62. The molecule has 3 fully saturated rings. The Morgan fingerprint density at radius 1 is 1.38 bits per heavy atom. The summed E-state index contributed by atoms with van der Waals surface area (Å²) in [7, 11) is 1.59. The molecule has 1 spiro atoms. The van der Waals surface area contributed by atoms with Gasteiger partial charge in [-0.2, -0.15) is 13.2 Å². The van der Waals surface area contributed by atoms with E-state index in [-0.39, 0.29) is 18.0 Å². The van der Waals surface area contributed by atoms with E-state index >= 15 is 0 Å². The van der Waals surface area contributed by atoms with Gasteiger partial charge in [-0.05, 0) is 19.3 Å². The number of ether oxygens (including phenoxy) is 1. The lowest BCUT2D eigenvalue weighted by atomic mass is 9.46. The number of hydrogen-bond acceptors (Lipinski definition) is 2. The summed E-state index contributed by atoms with van der Waals surface area (Å²) in [5.41, 5.74) is 0.197. The molecular weight excluding hydrogens is 283 g/mol. The van der Waals surface area contributed by atoms with Crippen LogP contribution in [0.3, 0.4) is 0 Å². The summed E-state index contributed by atoms with van der Waals surface area (Å²) in [5.74, 6) is 0.951. The molecule has 0 amide bonds. The molecule has 3 atom stereocenters. The maximum atomic E-state index is 12.2. The minimum atomic E-state index is -4.14. The standard InChI is InChI=1S/C14H22F3N3O/c1-18-12(19-7-6-14(15,16)17)20-10-9-3-8-21-11(9)13(10)4-2-5-13/h9-11H,2-8H2,1H3,(H2,18,19,20). The number of hydrogen-bond donors (Lipinski definition) is 2. The number of nitrogens with zero attached hydrogens (tertiary/aromatic N) is 1. The molecule has 3 unspecified atom stereocenters. The molecule has 2 N–H and O–H groups in total. The molecule has 0 radical (unpaired) electrons. The first-order valence-electron chi connectivity index (χ1n) is 7.62. The van der Waals surface area contributed by atoms with Crippen LogP contribution in [0.15, 0.2) is 4.99 Å². The fourth-order valence-corrected chi connectivity index (χ4v) is 4.12. The Morgan fingerprint density at radius 3 is 2.71 bits per heavy atom. The van der Waals surface area contributed by atoms with Gasteiger partial charge in [-0.3, -0.25) is 4.99 Å². The zero-order chi connectivity index (χ0) is 15.1. The fraction of sp³-hybridized carbons (Fsp3) is 0.929. The molecule has 7 heteroatoms. The lowest BCUT2D eigenvalue weighted by Crippen LogP contribution is -2.72. The average molecular weight is 305 g/mol. The molecule has 4 nitrogen and oxygen atoms in total. The van der Waals surface area contributed by atoms with E-state index < -0.39 is 12.6 Å². The highest BCUT2D eigenvalue weighted by atomic mass is 19.4. The van der Waals surface area contributed by atoms with Crippen molar-refractivity contribution in [2.75, 3.05) is 20.2 Å². The van der Waals surface area contributed by atoms with Crippen molar-refractivity contribution in [3.63, 3.8) is 0 Å². The van der Waals surface area contributed by atoms with Crippen LogP contribution in [0.25, 0.3) is 0 Å². The summed E-state index contributed by atoms with van der Waals surface area (Å²) < 4.78 is 42.4. The second kappa shape index (κ2) is 5.34. The van der Waals surface area contributed by atoms with E-state index in [9.17, 15) is 13.2 Å². The Balaban J connectivity index is 1.55. The molecule has 0 aromatic heterocycles. The quantitative estimate of drug-likeness (QED) is 0.620. The molecule has 3 aliphatic rings. The number of rotatable bonds is 3. The van der Waals surface area contributed by atoms with Gasteiger partial charge in [-0.25, -0.2) is 0 Å². The number of guanidine groups is 1. The van der Waals surface area contributed by atoms with Crippen molar-refractivity contribution in [3.05, 3.63) is 0 Å². The van der Waals surface area contributed by atoms with Gasteiger partial charge in [0.25, 0.3) is 0 Å². The van der Waals surface area contributed by atoms with Crippen molar-refractivity contribution >= 4 is 5.96 Å². The van der Waals surface area contributed by atoms with Crippen molar-refractivity contribution < 1.29 is 17.9 Å². The lowest BCUT2D eigenvalue weighted by molar-refractivity contribution is -0.171. The third kappa shape index (κ3) is 2.60. The molecular formula is C14H22F3N3O. The first kappa shape index (κ1) is 14.9. The Hall–Kier alpha value is -0.980. The minimum Gasteiger partial charge on any atom is -0.377 e. The van der Waals surface area contributed by atoms with Crippen LogP contribution in [-0.4, -0.2) is 44.5 Å². The maximum Gasteiger partial charge on any atom is 0.390 e. The van der Waals surface area contributed by atoms with Crippen LogP contribution in [0, 0.1) is 11.3 Å². The molecule has 120 valence electrons. The van der Waals surface area contributed by atoms with Crippen molar-refractivity contribution in [2.24, 2.45) is 16.3 Å². The van der Waals surface area contributed by atoms with Crippen LogP contribution >= 0.6 is 0 Å². The van der Waals surface area contributed by atoms with Gasteiger partial charge in [0.05, 0.1) is 12.5 Å². The second-order valence-corrected chi connectivity index (χ2v) is 6.32. The van der Waals surface area contributed by atoms with Gasteiger partial charge in [-0.1, -0.05) is 6.42 Å². The zero-order valence-corrected chi connectivity index (χ0v) is 12.2. The number of aliphatic imine (C=N–C) groups is 1. The van der Waals surface area contributed by atoms with E-state index in [1.807, 2.05) is 0 Å². The van der Waals surface area contributed by atoms with Crippen LogP contribution in [0.4, 0.5) is 13.2 Å². The predicted octanol–water partition coefficient (Wildman–Crippen LogP) is 2.06. The van der Waals surface area contributed by atoms with Gasteiger partial charge in [0.2, 0.25) is 0 Å². The van der Waals surface area contributed by atoms with E-state index in [4.69, 9.17) is 4.74 Å². The SMILES string of the molecule is CN=C(NCCC(F)(F)F)NC1C2CCOC2C12CCC2. The number of alkyl halides is 3. The molecule has 0 bridgehead atoms. The van der Waals surface area contributed by atoms with Crippen molar-refractivity contribution in [3.8, 4) is 0 Å². The highest BCUT2D eigenvalue weighted by Crippen LogP contribution is 2.62. The van der Waals surface area contributed by atoms with Gasteiger partial charge in [0.1, 0.15) is 0 Å². The highest BCUT2D eigenvalue weighted by Gasteiger charge is 2.66.